The molecule has 0 radical (unpaired) electrons. The van der Waals surface area contributed by atoms with E-state index >= 15 is 0 Å². The highest BCUT2D eigenvalue weighted by atomic mass is 16.4. The lowest BCUT2D eigenvalue weighted by atomic mass is 10.2. The Kier molecular flexibility index (Phi) is 6.99. The minimum atomic E-state index is -0.973. The summed E-state index contributed by atoms with van der Waals surface area (Å²) < 4.78 is 2.02. The number of fused-ring (bicyclic) bond motifs is 1. The van der Waals surface area contributed by atoms with Crippen LogP contribution in [0, 0.1) is 0 Å². The number of likely N-dealkylation sites (N-methyl/N-ethyl adjacent to an activating group) is 1. The van der Waals surface area contributed by atoms with E-state index in [4.69, 9.17) is 16.6 Å². The number of nitrogens with two attached hydrogens (primary N) is 2. The van der Waals surface area contributed by atoms with Crippen LogP contribution in [0.1, 0.15) is 30.0 Å². The van der Waals surface area contributed by atoms with E-state index in [1.165, 1.54) is 6.20 Å². The molecule has 1 saturated heterocycles. The number of aromatic carboxylic acids is 1. The van der Waals surface area contributed by atoms with Gasteiger partial charge < -0.3 is 25.3 Å². The first kappa shape index (κ1) is 23.5. The molecule has 1 atom stereocenters. The molecule has 1 aliphatic rings. The summed E-state index contributed by atoms with van der Waals surface area (Å²) in [7, 11) is 0. The molecule has 2 aromatic heterocycles. The molecule has 10 heteroatoms. The number of nitrogens with zero attached hydrogens (tertiary/aromatic N) is 6. The van der Waals surface area contributed by atoms with Crippen LogP contribution in [0.2, 0.25) is 0 Å². The molecule has 0 spiro atoms. The fourth-order valence-corrected chi connectivity index (χ4v) is 4.37. The Balaban J connectivity index is 1.63. The van der Waals surface area contributed by atoms with Gasteiger partial charge in [0.2, 0.25) is 0 Å². The van der Waals surface area contributed by atoms with Crippen LogP contribution in [-0.2, 0) is 13.1 Å². The molecule has 1 aliphatic heterocycles. The van der Waals surface area contributed by atoms with Crippen molar-refractivity contribution in [3.05, 3.63) is 65.9 Å². The van der Waals surface area contributed by atoms with E-state index in [-0.39, 0.29) is 11.6 Å². The predicted octanol–water partition coefficient (Wildman–Crippen LogP) is 1.84. The van der Waals surface area contributed by atoms with Crippen LogP contribution < -0.4 is 16.5 Å². The fourth-order valence-electron chi connectivity index (χ4n) is 4.37. The van der Waals surface area contributed by atoms with Gasteiger partial charge in [-0.3, -0.25) is 4.90 Å². The Hall–Kier alpha value is -3.63. The average Bonchev–Trinajstić information content (AvgIpc) is 3.19. The van der Waals surface area contributed by atoms with Crippen LogP contribution in [0.5, 0.6) is 0 Å². The van der Waals surface area contributed by atoms with Gasteiger partial charge in [-0.1, -0.05) is 6.07 Å². The highest BCUT2D eigenvalue weighted by Crippen LogP contribution is 2.24. The zero-order valence-electron chi connectivity index (χ0n) is 19.6. The number of allylic oxidation sites excluding steroid dienone is 1. The number of hydrogen-bond donors (Lipinski definition) is 3. The average molecular weight is 465 g/mol. The molecule has 0 amide bonds. The molecular formula is C24H32N8O2. The number of pyridine rings is 1. The third kappa shape index (κ3) is 4.82. The van der Waals surface area contributed by atoms with Crippen molar-refractivity contribution in [2.24, 2.45) is 11.6 Å². The lowest BCUT2D eigenvalue weighted by Crippen LogP contribution is -2.52. The van der Waals surface area contributed by atoms with Gasteiger partial charge in [0.05, 0.1) is 35.4 Å². The van der Waals surface area contributed by atoms with Crippen molar-refractivity contribution >= 4 is 22.8 Å². The maximum Gasteiger partial charge on any atom is 0.335 e. The monoisotopic (exact) mass is 464 g/mol. The Bertz CT molecular complexity index is 1180. The van der Waals surface area contributed by atoms with Gasteiger partial charge in [0.25, 0.3) is 0 Å². The van der Waals surface area contributed by atoms with Gasteiger partial charge in [-0.25, -0.2) is 20.6 Å². The van der Waals surface area contributed by atoms with Crippen molar-refractivity contribution in [3.63, 3.8) is 0 Å². The van der Waals surface area contributed by atoms with Gasteiger partial charge in [-0.05, 0) is 44.2 Å². The van der Waals surface area contributed by atoms with Gasteiger partial charge in [0.1, 0.15) is 11.6 Å². The molecule has 0 bridgehead atoms. The largest absolute Gasteiger partial charge is 0.478 e. The summed E-state index contributed by atoms with van der Waals surface area (Å²) in [4.78, 5) is 25.6. The zero-order valence-corrected chi connectivity index (χ0v) is 19.6. The Labute approximate surface area is 199 Å². The lowest BCUT2D eigenvalue weighted by Gasteiger charge is -2.40. The van der Waals surface area contributed by atoms with Gasteiger partial charge in [0.15, 0.2) is 0 Å². The molecule has 10 nitrogen and oxygen atoms in total. The van der Waals surface area contributed by atoms with E-state index in [1.807, 2.05) is 35.9 Å². The summed E-state index contributed by atoms with van der Waals surface area (Å²) in [5, 5.41) is 11.1. The van der Waals surface area contributed by atoms with E-state index < -0.39 is 5.97 Å². The normalized spacial score (nSPS) is 17.3. The molecule has 1 unspecified atom stereocenters. The first-order valence-corrected chi connectivity index (χ1v) is 11.5. The lowest BCUT2D eigenvalue weighted by molar-refractivity contribution is 0.0697. The Morgan fingerprint density at radius 1 is 1.29 bits per heavy atom. The van der Waals surface area contributed by atoms with Crippen LogP contribution in [0.25, 0.3) is 11.0 Å². The maximum absolute atomic E-state index is 11.6. The highest BCUT2D eigenvalue weighted by molar-refractivity contribution is 5.92. The minimum absolute atomic E-state index is 0.218. The number of hydrazine groups is 1. The first-order valence-electron chi connectivity index (χ1n) is 11.5. The second-order valence-electron chi connectivity index (χ2n) is 8.52. The van der Waals surface area contributed by atoms with E-state index in [2.05, 4.69) is 21.7 Å². The van der Waals surface area contributed by atoms with Crippen LogP contribution in [0.15, 0.2) is 54.5 Å². The van der Waals surface area contributed by atoms with Crippen molar-refractivity contribution < 1.29 is 9.90 Å². The number of carboxylic acids is 1. The van der Waals surface area contributed by atoms with Crippen LogP contribution in [0.4, 0.5) is 5.82 Å². The van der Waals surface area contributed by atoms with Gasteiger partial charge in [0, 0.05) is 44.6 Å². The summed E-state index contributed by atoms with van der Waals surface area (Å²) in [6.07, 6.45) is 3.31. The number of carbonyl (C=O) groups is 1. The summed E-state index contributed by atoms with van der Waals surface area (Å²) in [6.45, 7) is 8.36. The molecule has 3 heterocycles. The van der Waals surface area contributed by atoms with E-state index in [0.29, 0.717) is 19.6 Å². The van der Waals surface area contributed by atoms with Crippen LogP contribution >= 0.6 is 0 Å². The topological polar surface area (TPSA) is 130 Å². The Morgan fingerprint density at radius 3 is 2.76 bits per heavy atom. The number of rotatable bonds is 8. The molecule has 1 fully saturated rings. The molecular weight excluding hydrogens is 432 g/mol. The quantitative estimate of drug-likeness (QED) is 0.338. The van der Waals surface area contributed by atoms with Crippen molar-refractivity contribution in [2.75, 3.05) is 31.1 Å². The van der Waals surface area contributed by atoms with Gasteiger partial charge in [-0.2, -0.15) is 0 Å². The third-order valence-corrected chi connectivity index (χ3v) is 6.38. The third-order valence-electron chi connectivity index (χ3n) is 6.38. The van der Waals surface area contributed by atoms with Crippen LogP contribution in [0.3, 0.4) is 0 Å². The van der Waals surface area contributed by atoms with E-state index in [0.717, 1.165) is 48.0 Å². The molecule has 4 rings (SSSR count). The van der Waals surface area contributed by atoms with Gasteiger partial charge >= 0.3 is 5.97 Å². The van der Waals surface area contributed by atoms with Crippen LogP contribution in [-0.4, -0.2) is 67.7 Å². The van der Waals surface area contributed by atoms with E-state index in [9.17, 15) is 9.90 Å². The number of carboxylic acid groups (broad SMARTS) is 1. The number of anilines is 1. The molecule has 5 N–H and O–H groups in total. The second-order valence-corrected chi connectivity index (χ2v) is 8.52. The Morgan fingerprint density at radius 2 is 2.12 bits per heavy atom. The molecule has 180 valence electrons. The minimum Gasteiger partial charge on any atom is -0.478 e. The summed E-state index contributed by atoms with van der Waals surface area (Å²) in [5.41, 5.74) is 8.33. The molecule has 0 aliphatic carbocycles. The summed E-state index contributed by atoms with van der Waals surface area (Å²) >= 11 is 0. The predicted molar refractivity (Wildman–Crippen MR) is 132 cm³/mol. The van der Waals surface area contributed by atoms with Crippen molar-refractivity contribution in [2.45, 2.75) is 33.0 Å². The number of benzene rings is 1. The van der Waals surface area contributed by atoms with Crippen molar-refractivity contribution in [1.29, 1.82) is 0 Å². The summed E-state index contributed by atoms with van der Waals surface area (Å²) in [6, 6.07) is 11.3. The van der Waals surface area contributed by atoms with Crippen molar-refractivity contribution in [3.8, 4) is 0 Å². The highest BCUT2D eigenvalue weighted by Gasteiger charge is 2.26. The maximum atomic E-state index is 11.6. The zero-order chi connectivity index (χ0) is 24.2. The van der Waals surface area contributed by atoms with Gasteiger partial charge in [-0.15, -0.1) is 0 Å². The smallest absolute Gasteiger partial charge is 0.335 e. The molecule has 34 heavy (non-hydrogen) atoms. The number of piperazine rings is 1. The van der Waals surface area contributed by atoms with E-state index in [1.54, 1.807) is 23.2 Å². The molecule has 3 aromatic rings. The molecule has 1 aromatic carbocycles. The molecule has 0 saturated carbocycles. The number of hydrogen-bond acceptors (Lipinski definition) is 8. The summed E-state index contributed by atoms with van der Waals surface area (Å²) in [5.74, 6) is 6.99. The van der Waals surface area contributed by atoms with Crippen molar-refractivity contribution in [1.82, 2.24) is 24.4 Å². The first-order chi connectivity index (χ1) is 16.4. The second kappa shape index (κ2) is 10.1. The standard InChI is InChI=1S/C24H32N8O2/c1-3-32(26)19(13-25)15-31-21-12-18(24(33)34)7-8-20(21)28-23(31)16-29-10-11-30(14-17(29)2)22-6-4-5-9-27-22/h4-9,12-13,17H,3,10-11,14-16,25-26H2,1-2H3,(H,33,34)/b19-13-. The number of aromatic nitrogens is 3. The fraction of sp³-hybridized carbons (Fsp3) is 0.375. The SMILES string of the molecule is CCN(N)/C(=C\N)Cn1c(CN2CCN(c3ccccn3)CC2C)nc2ccc(C(=O)O)cc21. The number of imidazole rings is 1.